The van der Waals surface area contributed by atoms with Crippen LogP contribution in [0.1, 0.15) is 46.5 Å². The van der Waals surface area contributed by atoms with E-state index in [0.717, 1.165) is 13.2 Å². The van der Waals surface area contributed by atoms with Gasteiger partial charge in [0.05, 0.1) is 0 Å². The molecule has 0 heterocycles. The van der Waals surface area contributed by atoms with Crippen LogP contribution in [0, 0.1) is 0 Å². The largest absolute Gasteiger partial charge is 0.417 e. The fraction of sp³-hybridized carbons (Fsp3) is 1.00. The van der Waals surface area contributed by atoms with Crippen LogP contribution in [0.3, 0.4) is 0 Å². The summed E-state index contributed by atoms with van der Waals surface area (Å²) in [5.41, 5.74) is 0. The zero-order chi connectivity index (χ0) is 12.3. The molecular weight excluding hydrogens is 214 g/mol. The molecule has 0 aliphatic rings. The first-order valence-electron chi connectivity index (χ1n) is 7.03. The van der Waals surface area contributed by atoms with Gasteiger partial charge in [-0.1, -0.05) is 33.6 Å². The minimum absolute atomic E-state index is 1.00. The summed E-state index contributed by atoms with van der Waals surface area (Å²) in [4.78, 5) is 0. The minimum Gasteiger partial charge on any atom is -0.417 e. The summed E-state index contributed by atoms with van der Waals surface area (Å²) in [6, 6.07) is 3.83. The van der Waals surface area contributed by atoms with Crippen molar-refractivity contribution in [1.29, 1.82) is 0 Å². The summed E-state index contributed by atoms with van der Waals surface area (Å²) in [6.45, 7) is 9.05. The van der Waals surface area contributed by atoms with E-state index in [1.807, 2.05) is 7.05 Å². The van der Waals surface area contributed by atoms with Crippen LogP contribution in [-0.2, 0) is 4.43 Å². The molecule has 0 aliphatic heterocycles. The highest BCUT2D eigenvalue weighted by atomic mass is 28.4. The zero-order valence-corrected chi connectivity index (χ0v) is 12.8. The molecule has 0 atom stereocenters. The highest BCUT2D eigenvalue weighted by Gasteiger charge is 2.27. The Morgan fingerprint density at radius 3 is 1.94 bits per heavy atom. The lowest BCUT2D eigenvalue weighted by Gasteiger charge is -2.27. The van der Waals surface area contributed by atoms with Gasteiger partial charge in [-0.05, 0) is 44.6 Å². The Labute approximate surface area is 103 Å². The molecule has 1 N–H and O–H groups in total. The average Bonchev–Trinajstić information content (AvgIpc) is 2.34. The average molecular weight is 245 g/mol. The predicted molar refractivity (Wildman–Crippen MR) is 75.5 cm³/mol. The van der Waals surface area contributed by atoms with Gasteiger partial charge in [0.1, 0.15) is 0 Å². The Morgan fingerprint density at radius 1 is 0.875 bits per heavy atom. The van der Waals surface area contributed by atoms with Crippen LogP contribution in [0.2, 0.25) is 18.1 Å². The van der Waals surface area contributed by atoms with Crippen molar-refractivity contribution >= 4 is 8.32 Å². The number of hydrogen-bond donors (Lipinski definition) is 1. The summed E-state index contributed by atoms with van der Waals surface area (Å²) in [5, 5.41) is 3.19. The van der Waals surface area contributed by atoms with Crippen molar-refractivity contribution in [2.75, 3.05) is 20.2 Å². The lowest BCUT2D eigenvalue weighted by atomic mass is 10.2. The third-order valence-corrected chi connectivity index (χ3v) is 8.34. The van der Waals surface area contributed by atoms with Gasteiger partial charge < -0.3 is 9.74 Å². The molecule has 0 saturated heterocycles. The van der Waals surface area contributed by atoms with E-state index in [4.69, 9.17) is 4.43 Å². The molecule has 0 rings (SSSR count). The standard InChI is InChI=1S/C13H31NOSi/c1-5-16(6-2,7-3)15-13-11-9-8-10-12-14-4/h14H,5-13H2,1-4H3. The summed E-state index contributed by atoms with van der Waals surface area (Å²) >= 11 is 0. The normalized spacial score (nSPS) is 12.0. The molecule has 0 spiro atoms. The van der Waals surface area contributed by atoms with Gasteiger partial charge in [-0.15, -0.1) is 0 Å². The highest BCUT2D eigenvalue weighted by molar-refractivity contribution is 6.73. The van der Waals surface area contributed by atoms with E-state index in [1.54, 1.807) is 0 Å². The van der Waals surface area contributed by atoms with Crippen LogP contribution >= 0.6 is 0 Å². The third kappa shape index (κ3) is 6.66. The predicted octanol–water partition coefficient (Wildman–Crippen LogP) is 3.79. The van der Waals surface area contributed by atoms with Gasteiger partial charge >= 0.3 is 0 Å². The lowest BCUT2D eigenvalue weighted by molar-refractivity contribution is 0.287. The molecule has 0 aromatic carbocycles. The Bertz CT molecular complexity index is 141. The molecular formula is C13H31NOSi. The summed E-state index contributed by atoms with van der Waals surface area (Å²) in [6.07, 6.45) is 5.21. The van der Waals surface area contributed by atoms with Gasteiger partial charge in [0.2, 0.25) is 0 Å². The van der Waals surface area contributed by atoms with Crippen LogP contribution in [0.15, 0.2) is 0 Å². The van der Waals surface area contributed by atoms with E-state index in [9.17, 15) is 0 Å². The van der Waals surface area contributed by atoms with Crippen LogP contribution in [0.4, 0.5) is 0 Å². The summed E-state index contributed by atoms with van der Waals surface area (Å²) < 4.78 is 6.21. The number of nitrogens with one attached hydrogen (secondary N) is 1. The molecule has 16 heavy (non-hydrogen) atoms. The molecule has 3 heteroatoms. The van der Waals surface area contributed by atoms with Crippen molar-refractivity contribution in [1.82, 2.24) is 5.32 Å². The molecule has 0 radical (unpaired) electrons. The fourth-order valence-electron chi connectivity index (χ4n) is 2.10. The molecule has 0 aliphatic carbocycles. The first-order valence-corrected chi connectivity index (χ1v) is 9.56. The monoisotopic (exact) mass is 245 g/mol. The topological polar surface area (TPSA) is 21.3 Å². The molecule has 98 valence electrons. The molecule has 0 aromatic rings. The van der Waals surface area contributed by atoms with E-state index < -0.39 is 8.32 Å². The van der Waals surface area contributed by atoms with Crippen LogP contribution in [-0.4, -0.2) is 28.5 Å². The van der Waals surface area contributed by atoms with Crippen molar-refractivity contribution in [2.24, 2.45) is 0 Å². The summed E-state index contributed by atoms with van der Waals surface area (Å²) in [7, 11) is 0.716. The maximum absolute atomic E-state index is 6.21. The maximum Gasteiger partial charge on any atom is 0.191 e. The third-order valence-electron chi connectivity index (χ3n) is 3.66. The molecule has 0 aromatic heterocycles. The molecule has 0 amide bonds. The summed E-state index contributed by atoms with van der Waals surface area (Å²) in [5.74, 6) is 0. The van der Waals surface area contributed by atoms with Crippen molar-refractivity contribution in [3.63, 3.8) is 0 Å². The lowest BCUT2D eigenvalue weighted by Crippen LogP contribution is -2.36. The van der Waals surface area contributed by atoms with Crippen molar-refractivity contribution in [3.8, 4) is 0 Å². The van der Waals surface area contributed by atoms with Gasteiger partial charge in [0, 0.05) is 6.61 Å². The Morgan fingerprint density at radius 2 is 1.44 bits per heavy atom. The van der Waals surface area contributed by atoms with E-state index in [-0.39, 0.29) is 0 Å². The van der Waals surface area contributed by atoms with Crippen molar-refractivity contribution in [2.45, 2.75) is 64.6 Å². The molecule has 0 saturated carbocycles. The van der Waals surface area contributed by atoms with Gasteiger partial charge in [-0.25, -0.2) is 0 Å². The number of unbranched alkanes of at least 4 members (excludes halogenated alkanes) is 3. The number of hydrogen-bond acceptors (Lipinski definition) is 2. The quantitative estimate of drug-likeness (QED) is 0.442. The maximum atomic E-state index is 6.21. The zero-order valence-electron chi connectivity index (χ0n) is 11.8. The van der Waals surface area contributed by atoms with Crippen molar-refractivity contribution < 1.29 is 4.43 Å². The number of rotatable bonds is 11. The van der Waals surface area contributed by atoms with E-state index in [1.165, 1.54) is 43.8 Å². The van der Waals surface area contributed by atoms with Crippen LogP contribution < -0.4 is 5.32 Å². The first-order chi connectivity index (χ1) is 7.74. The second kappa shape index (κ2) is 10.3. The fourth-order valence-corrected chi connectivity index (χ4v) is 4.79. The molecule has 2 nitrogen and oxygen atoms in total. The molecule has 0 bridgehead atoms. The van der Waals surface area contributed by atoms with Crippen LogP contribution in [0.5, 0.6) is 0 Å². The van der Waals surface area contributed by atoms with Crippen molar-refractivity contribution in [3.05, 3.63) is 0 Å². The highest BCUT2D eigenvalue weighted by Crippen LogP contribution is 2.21. The minimum atomic E-state index is -1.31. The molecule has 0 unspecified atom stereocenters. The van der Waals surface area contributed by atoms with E-state index in [2.05, 4.69) is 26.1 Å². The van der Waals surface area contributed by atoms with Gasteiger partial charge in [0.15, 0.2) is 8.32 Å². The Kier molecular flexibility index (Phi) is 10.4. The van der Waals surface area contributed by atoms with Crippen LogP contribution in [0.25, 0.3) is 0 Å². The van der Waals surface area contributed by atoms with Gasteiger partial charge in [-0.3, -0.25) is 0 Å². The Balaban J connectivity index is 3.48. The first kappa shape index (κ1) is 16.1. The second-order valence-electron chi connectivity index (χ2n) is 4.61. The Hall–Kier alpha value is 0.137. The van der Waals surface area contributed by atoms with Gasteiger partial charge in [0.25, 0.3) is 0 Å². The second-order valence-corrected chi connectivity index (χ2v) is 9.39. The smallest absolute Gasteiger partial charge is 0.191 e. The molecule has 0 fully saturated rings. The van der Waals surface area contributed by atoms with E-state index >= 15 is 0 Å². The van der Waals surface area contributed by atoms with E-state index in [0.29, 0.717) is 0 Å². The van der Waals surface area contributed by atoms with Gasteiger partial charge in [-0.2, -0.15) is 0 Å². The SMILES string of the molecule is CC[Si](CC)(CC)OCCCCCCNC.